The third kappa shape index (κ3) is 3.03. The van der Waals surface area contributed by atoms with Gasteiger partial charge in [0, 0.05) is 30.1 Å². The summed E-state index contributed by atoms with van der Waals surface area (Å²) in [5.74, 6) is -0.492. The lowest BCUT2D eigenvalue weighted by Gasteiger charge is -2.18. The van der Waals surface area contributed by atoms with Crippen molar-refractivity contribution in [1.82, 2.24) is 9.47 Å². The van der Waals surface area contributed by atoms with Crippen LogP contribution < -0.4 is 0 Å². The van der Waals surface area contributed by atoms with Crippen LogP contribution in [0.15, 0.2) is 54.6 Å². The Bertz CT molecular complexity index is 873. The number of aliphatic hydroxyl groups excluding tert-OH is 1. The average Bonchev–Trinajstić information content (AvgIpc) is 2.95. The first-order valence-corrected chi connectivity index (χ1v) is 7.80. The molecule has 0 saturated heterocycles. The van der Waals surface area contributed by atoms with Crippen LogP contribution in [-0.2, 0) is 6.54 Å². The van der Waals surface area contributed by atoms with Gasteiger partial charge in [-0.1, -0.05) is 36.4 Å². The second kappa shape index (κ2) is 6.84. The van der Waals surface area contributed by atoms with Crippen LogP contribution in [0.25, 0.3) is 10.9 Å². The van der Waals surface area contributed by atoms with Crippen molar-refractivity contribution in [3.63, 3.8) is 0 Å². The molecular formula is C19H19FN2O2. The highest BCUT2D eigenvalue weighted by Crippen LogP contribution is 2.23. The van der Waals surface area contributed by atoms with Gasteiger partial charge in [-0.15, -0.1) is 0 Å². The van der Waals surface area contributed by atoms with Crippen LogP contribution in [0.5, 0.6) is 0 Å². The van der Waals surface area contributed by atoms with E-state index in [-0.39, 0.29) is 31.4 Å². The summed E-state index contributed by atoms with van der Waals surface area (Å²) in [5, 5.41) is 9.99. The fourth-order valence-electron chi connectivity index (χ4n) is 2.80. The van der Waals surface area contributed by atoms with Crippen molar-refractivity contribution in [3.05, 3.63) is 71.7 Å². The van der Waals surface area contributed by atoms with Gasteiger partial charge in [-0.2, -0.15) is 0 Å². The normalized spacial score (nSPS) is 11.0. The van der Waals surface area contributed by atoms with E-state index >= 15 is 0 Å². The van der Waals surface area contributed by atoms with Gasteiger partial charge in [-0.25, -0.2) is 4.39 Å². The molecule has 124 valence electrons. The highest BCUT2D eigenvalue weighted by Gasteiger charge is 2.19. The van der Waals surface area contributed by atoms with Crippen LogP contribution in [0.1, 0.15) is 16.1 Å². The minimum atomic E-state index is -0.294. The van der Waals surface area contributed by atoms with Gasteiger partial charge in [0.15, 0.2) is 0 Å². The maximum Gasteiger partial charge on any atom is 0.270 e. The molecule has 3 rings (SSSR count). The molecule has 1 amide bonds. The maximum absolute atomic E-state index is 14.1. The first-order chi connectivity index (χ1) is 11.6. The first kappa shape index (κ1) is 16.2. The summed E-state index contributed by atoms with van der Waals surface area (Å²) in [6.07, 6.45) is 0. The van der Waals surface area contributed by atoms with Crippen LogP contribution >= 0.6 is 0 Å². The predicted molar refractivity (Wildman–Crippen MR) is 91.5 cm³/mol. The lowest BCUT2D eigenvalue weighted by atomic mass is 10.2. The summed E-state index contributed by atoms with van der Waals surface area (Å²) in [5.41, 5.74) is 1.88. The standard InChI is InChI=1S/C19H19FN2O2/c1-21(10-11-23)19(24)18-12-14-6-3-5-9-17(14)22(18)13-15-7-2-4-8-16(15)20/h2-9,12,23H,10-11,13H2,1H3. The zero-order valence-electron chi connectivity index (χ0n) is 13.4. The van der Waals surface area contributed by atoms with Crippen LogP contribution in [-0.4, -0.2) is 40.7 Å². The van der Waals surface area contributed by atoms with Crippen molar-refractivity contribution in [2.24, 2.45) is 0 Å². The maximum atomic E-state index is 14.1. The van der Waals surface area contributed by atoms with E-state index in [2.05, 4.69) is 0 Å². The molecule has 0 aliphatic carbocycles. The topological polar surface area (TPSA) is 45.5 Å². The SMILES string of the molecule is CN(CCO)C(=O)c1cc2ccccc2n1Cc1ccccc1F. The molecule has 5 heteroatoms. The van der Waals surface area contributed by atoms with E-state index in [1.165, 1.54) is 11.0 Å². The van der Waals surface area contributed by atoms with Gasteiger partial charge in [0.2, 0.25) is 0 Å². The number of fused-ring (bicyclic) bond motifs is 1. The van der Waals surface area contributed by atoms with Crippen molar-refractivity contribution >= 4 is 16.8 Å². The van der Waals surface area contributed by atoms with Crippen LogP contribution in [0.2, 0.25) is 0 Å². The number of rotatable bonds is 5. The molecule has 1 N–H and O–H groups in total. The number of carbonyl (C=O) groups excluding carboxylic acids is 1. The molecule has 1 heterocycles. The van der Waals surface area contributed by atoms with Gasteiger partial charge in [-0.05, 0) is 18.2 Å². The summed E-state index contributed by atoms with van der Waals surface area (Å²) < 4.78 is 15.9. The largest absolute Gasteiger partial charge is 0.395 e. The summed E-state index contributed by atoms with van der Waals surface area (Å²) in [6.45, 7) is 0.421. The van der Waals surface area contributed by atoms with E-state index in [4.69, 9.17) is 5.11 Å². The Morgan fingerprint density at radius 1 is 1.17 bits per heavy atom. The molecular weight excluding hydrogens is 307 g/mol. The van der Waals surface area contributed by atoms with Gasteiger partial charge in [0.05, 0.1) is 13.2 Å². The second-order valence-electron chi connectivity index (χ2n) is 5.72. The van der Waals surface area contributed by atoms with Gasteiger partial charge in [0.1, 0.15) is 11.5 Å². The fraction of sp³-hybridized carbons (Fsp3) is 0.211. The van der Waals surface area contributed by atoms with E-state index in [0.29, 0.717) is 11.3 Å². The molecule has 2 aromatic carbocycles. The number of aliphatic hydroxyl groups is 1. The molecule has 0 aliphatic rings. The van der Waals surface area contributed by atoms with Crippen molar-refractivity contribution in [2.75, 3.05) is 20.2 Å². The van der Waals surface area contributed by atoms with Crippen molar-refractivity contribution in [1.29, 1.82) is 0 Å². The van der Waals surface area contributed by atoms with Crippen LogP contribution in [0.4, 0.5) is 4.39 Å². The van der Waals surface area contributed by atoms with Crippen LogP contribution in [0, 0.1) is 5.82 Å². The van der Waals surface area contributed by atoms with Crippen molar-refractivity contribution in [2.45, 2.75) is 6.54 Å². The smallest absolute Gasteiger partial charge is 0.270 e. The van der Waals surface area contributed by atoms with E-state index in [1.807, 2.05) is 34.9 Å². The minimum absolute atomic E-state index is 0.101. The Kier molecular flexibility index (Phi) is 4.62. The fourth-order valence-corrected chi connectivity index (χ4v) is 2.80. The Balaban J connectivity index is 2.09. The highest BCUT2D eigenvalue weighted by molar-refractivity contribution is 5.98. The summed E-state index contributed by atoms with van der Waals surface area (Å²) in [4.78, 5) is 14.2. The zero-order valence-corrected chi connectivity index (χ0v) is 13.4. The molecule has 24 heavy (non-hydrogen) atoms. The molecule has 0 aliphatic heterocycles. The molecule has 0 unspecified atom stereocenters. The number of carbonyl (C=O) groups is 1. The third-order valence-electron chi connectivity index (χ3n) is 4.10. The summed E-state index contributed by atoms with van der Waals surface area (Å²) >= 11 is 0. The first-order valence-electron chi connectivity index (χ1n) is 7.80. The number of halogens is 1. The molecule has 0 saturated carbocycles. The third-order valence-corrected chi connectivity index (χ3v) is 4.10. The monoisotopic (exact) mass is 326 g/mol. The second-order valence-corrected chi connectivity index (χ2v) is 5.72. The Morgan fingerprint density at radius 3 is 2.62 bits per heavy atom. The number of aromatic nitrogens is 1. The van der Waals surface area contributed by atoms with Gasteiger partial charge in [-0.3, -0.25) is 4.79 Å². The molecule has 0 spiro atoms. The number of amides is 1. The number of likely N-dealkylation sites (N-methyl/N-ethyl adjacent to an activating group) is 1. The quantitative estimate of drug-likeness (QED) is 0.783. The van der Waals surface area contributed by atoms with Crippen LogP contribution in [0.3, 0.4) is 0 Å². The zero-order chi connectivity index (χ0) is 17.1. The van der Waals surface area contributed by atoms with E-state index in [0.717, 1.165) is 10.9 Å². The Labute approximate surface area is 139 Å². The number of nitrogens with zero attached hydrogens (tertiary/aromatic N) is 2. The van der Waals surface area contributed by atoms with E-state index in [9.17, 15) is 9.18 Å². The highest BCUT2D eigenvalue weighted by atomic mass is 19.1. The lowest BCUT2D eigenvalue weighted by Crippen LogP contribution is -2.31. The molecule has 3 aromatic rings. The summed E-state index contributed by atoms with van der Waals surface area (Å²) in [7, 11) is 1.64. The molecule has 0 bridgehead atoms. The molecule has 0 radical (unpaired) electrons. The number of para-hydroxylation sites is 1. The van der Waals surface area contributed by atoms with E-state index < -0.39 is 0 Å². The number of hydrogen-bond donors (Lipinski definition) is 1. The van der Waals surface area contributed by atoms with E-state index in [1.54, 1.807) is 25.2 Å². The van der Waals surface area contributed by atoms with Gasteiger partial charge >= 0.3 is 0 Å². The Morgan fingerprint density at radius 2 is 1.88 bits per heavy atom. The number of benzene rings is 2. The average molecular weight is 326 g/mol. The van der Waals surface area contributed by atoms with Crippen molar-refractivity contribution < 1.29 is 14.3 Å². The molecule has 1 aromatic heterocycles. The lowest BCUT2D eigenvalue weighted by molar-refractivity contribution is 0.0757. The minimum Gasteiger partial charge on any atom is -0.395 e. The Hall–Kier alpha value is -2.66. The predicted octanol–water partition coefficient (Wildman–Crippen LogP) is 2.89. The molecule has 4 nitrogen and oxygen atoms in total. The summed E-state index contributed by atoms with van der Waals surface area (Å²) in [6, 6.07) is 16.0. The molecule has 0 fully saturated rings. The van der Waals surface area contributed by atoms with Crippen molar-refractivity contribution in [3.8, 4) is 0 Å². The van der Waals surface area contributed by atoms with Gasteiger partial charge < -0.3 is 14.6 Å². The molecule has 0 atom stereocenters. The number of hydrogen-bond acceptors (Lipinski definition) is 2. The van der Waals surface area contributed by atoms with Gasteiger partial charge in [0.25, 0.3) is 5.91 Å².